The van der Waals surface area contributed by atoms with Crippen LogP contribution >= 0.6 is 23.4 Å². The highest BCUT2D eigenvalue weighted by molar-refractivity contribution is 7.99. The van der Waals surface area contributed by atoms with E-state index in [0.29, 0.717) is 23.7 Å². The standard InChI is InChI=1S/C15H20ClNO3S/c1-11(15(19)20-3)10-17(2)14(18)8-9-21-13-6-4-12(16)5-7-13/h4-7,11H,8-10H2,1-3H3. The number of amides is 1. The van der Waals surface area contributed by atoms with Gasteiger partial charge in [0, 0.05) is 35.7 Å². The van der Waals surface area contributed by atoms with Crippen LogP contribution in [-0.2, 0) is 14.3 Å². The van der Waals surface area contributed by atoms with Crippen molar-refractivity contribution in [1.29, 1.82) is 0 Å². The Kier molecular flexibility index (Phi) is 7.61. The number of ether oxygens (including phenoxy) is 1. The molecule has 1 aromatic carbocycles. The zero-order valence-corrected chi connectivity index (χ0v) is 14.0. The van der Waals surface area contributed by atoms with Crippen LogP contribution in [0.25, 0.3) is 0 Å². The molecule has 1 unspecified atom stereocenters. The summed E-state index contributed by atoms with van der Waals surface area (Å²) < 4.78 is 4.65. The monoisotopic (exact) mass is 329 g/mol. The fourth-order valence-electron chi connectivity index (χ4n) is 1.77. The van der Waals surface area contributed by atoms with Gasteiger partial charge < -0.3 is 9.64 Å². The molecule has 0 radical (unpaired) electrons. The molecule has 0 bridgehead atoms. The van der Waals surface area contributed by atoms with Crippen LogP contribution in [0.3, 0.4) is 0 Å². The van der Waals surface area contributed by atoms with Gasteiger partial charge in [-0.3, -0.25) is 9.59 Å². The molecule has 0 aromatic heterocycles. The topological polar surface area (TPSA) is 46.6 Å². The van der Waals surface area contributed by atoms with Crippen LogP contribution in [0.1, 0.15) is 13.3 Å². The van der Waals surface area contributed by atoms with E-state index in [0.717, 1.165) is 4.90 Å². The molecule has 4 nitrogen and oxygen atoms in total. The van der Waals surface area contributed by atoms with Crippen LogP contribution in [-0.4, -0.2) is 43.2 Å². The average molecular weight is 330 g/mol. The van der Waals surface area contributed by atoms with Gasteiger partial charge in [-0.15, -0.1) is 11.8 Å². The van der Waals surface area contributed by atoms with E-state index in [1.54, 1.807) is 30.6 Å². The smallest absolute Gasteiger partial charge is 0.310 e. The van der Waals surface area contributed by atoms with Crippen molar-refractivity contribution in [2.45, 2.75) is 18.2 Å². The van der Waals surface area contributed by atoms with Gasteiger partial charge in [0.1, 0.15) is 0 Å². The van der Waals surface area contributed by atoms with Crippen molar-refractivity contribution in [2.75, 3.05) is 26.5 Å². The van der Waals surface area contributed by atoms with Crippen LogP contribution in [0, 0.1) is 5.92 Å². The van der Waals surface area contributed by atoms with Crippen LogP contribution in [0.4, 0.5) is 0 Å². The number of nitrogens with zero attached hydrogens (tertiary/aromatic N) is 1. The Balaban J connectivity index is 2.32. The average Bonchev–Trinajstić information content (AvgIpc) is 2.48. The molecule has 0 N–H and O–H groups in total. The first-order valence-corrected chi connectivity index (χ1v) is 8.00. The second kappa shape index (κ2) is 8.95. The highest BCUT2D eigenvalue weighted by Crippen LogP contribution is 2.21. The summed E-state index contributed by atoms with van der Waals surface area (Å²) in [5.41, 5.74) is 0. The normalized spacial score (nSPS) is 11.8. The van der Waals surface area contributed by atoms with Crippen LogP contribution in [0.15, 0.2) is 29.2 Å². The summed E-state index contributed by atoms with van der Waals surface area (Å²) in [6.07, 6.45) is 0.428. The van der Waals surface area contributed by atoms with Crippen LogP contribution in [0.5, 0.6) is 0 Å². The number of benzene rings is 1. The third-order valence-electron chi connectivity index (χ3n) is 2.98. The van der Waals surface area contributed by atoms with E-state index in [1.165, 1.54) is 7.11 Å². The number of esters is 1. The molecule has 0 heterocycles. The molecule has 0 fully saturated rings. The third kappa shape index (κ3) is 6.40. The van der Waals surface area contributed by atoms with E-state index in [2.05, 4.69) is 4.74 Å². The molecular formula is C15H20ClNO3S. The second-order valence-corrected chi connectivity index (χ2v) is 6.36. The molecule has 1 atom stereocenters. The Hall–Kier alpha value is -1.20. The molecule has 0 saturated carbocycles. The summed E-state index contributed by atoms with van der Waals surface area (Å²) in [6, 6.07) is 7.52. The van der Waals surface area contributed by atoms with Crippen LogP contribution in [0.2, 0.25) is 5.02 Å². The van der Waals surface area contributed by atoms with E-state index in [-0.39, 0.29) is 17.8 Å². The summed E-state index contributed by atoms with van der Waals surface area (Å²) in [6.45, 7) is 2.12. The molecule has 1 rings (SSSR count). The van der Waals surface area contributed by atoms with Crippen molar-refractivity contribution < 1.29 is 14.3 Å². The molecule has 0 spiro atoms. The van der Waals surface area contributed by atoms with Crippen molar-refractivity contribution >= 4 is 35.2 Å². The quantitative estimate of drug-likeness (QED) is 0.569. The maximum absolute atomic E-state index is 12.0. The lowest BCUT2D eigenvalue weighted by Crippen LogP contribution is -2.34. The highest BCUT2D eigenvalue weighted by atomic mass is 35.5. The van der Waals surface area contributed by atoms with Gasteiger partial charge in [0.25, 0.3) is 0 Å². The summed E-state index contributed by atoms with van der Waals surface area (Å²) in [5.74, 6) is 0.0995. The van der Waals surface area contributed by atoms with Crippen LogP contribution < -0.4 is 0 Å². The van der Waals surface area contributed by atoms with Gasteiger partial charge in [0.15, 0.2) is 0 Å². The first kappa shape index (κ1) is 17.9. The number of hydrogen-bond donors (Lipinski definition) is 0. The molecular weight excluding hydrogens is 310 g/mol. The SMILES string of the molecule is COC(=O)C(C)CN(C)C(=O)CCSc1ccc(Cl)cc1. The summed E-state index contributed by atoms with van der Waals surface area (Å²) in [5, 5.41) is 0.701. The fourth-order valence-corrected chi connectivity index (χ4v) is 2.73. The summed E-state index contributed by atoms with van der Waals surface area (Å²) >= 11 is 7.42. The Morgan fingerprint density at radius 3 is 2.52 bits per heavy atom. The summed E-state index contributed by atoms with van der Waals surface area (Å²) in [7, 11) is 3.05. The number of methoxy groups -OCH3 is 1. The van der Waals surface area contributed by atoms with Gasteiger partial charge in [0.05, 0.1) is 13.0 Å². The largest absolute Gasteiger partial charge is 0.469 e. The predicted molar refractivity (Wildman–Crippen MR) is 85.6 cm³/mol. The van der Waals surface area contributed by atoms with Gasteiger partial charge in [-0.25, -0.2) is 0 Å². The molecule has 116 valence electrons. The van der Waals surface area contributed by atoms with Gasteiger partial charge in [-0.2, -0.15) is 0 Å². The van der Waals surface area contributed by atoms with Crippen molar-refractivity contribution in [3.8, 4) is 0 Å². The zero-order chi connectivity index (χ0) is 15.8. The number of carbonyl (C=O) groups is 2. The zero-order valence-electron chi connectivity index (χ0n) is 12.5. The lowest BCUT2D eigenvalue weighted by molar-refractivity contribution is -0.146. The minimum absolute atomic E-state index is 0.0206. The maximum Gasteiger partial charge on any atom is 0.310 e. The highest BCUT2D eigenvalue weighted by Gasteiger charge is 2.18. The lowest BCUT2D eigenvalue weighted by Gasteiger charge is -2.20. The van der Waals surface area contributed by atoms with E-state index >= 15 is 0 Å². The molecule has 1 aromatic rings. The Morgan fingerprint density at radius 2 is 1.95 bits per heavy atom. The number of halogens is 1. The van der Waals surface area contributed by atoms with Gasteiger partial charge in [-0.05, 0) is 24.3 Å². The fraction of sp³-hybridized carbons (Fsp3) is 0.467. The predicted octanol–water partition coefficient (Wildman–Crippen LogP) is 3.09. The Labute approximate surface area is 134 Å². The first-order chi connectivity index (χ1) is 9.93. The minimum Gasteiger partial charge on any atom is -0.469 e. The molecule has 21 heavy (non-hydrogen) atoms. The Morgan fingerprint density at radius 1 is 1.33 bits per heavy atom. The maximum atomic E-state index is 12.0. The number of carbonyl (C=O) groups excluding carboxylic acids is 2. The van der Waals surface area contributed by atoms with Crippen molar-refractivity contribution in [3.05, 3.63) is 29.3 Å². The first-order valence-electron chi connectivity index (χ1n) is 6.64. The number of thioether (sulfide) groups is 1. The molecule has 0 aliphatic rings. The number of rotatable bonds is 7. The molecule has 6 heteroatoms. The summed E-state index contributed by atoms with van der Waals surface area (Å²) in [4.78, 5) is 25.9. The van der Waals surface area contributed by atoms with Crippen molar-refractivity contribution in [1.82, 2.24) is 4.90 Å². The van der Waals surface area contributed by atoms with E-state index < -0.39 is 0 Å². The molecule has 0 saturated heterocycles. The van der Waals surface area contributed by atoms with Gasteiger partial charge >= 0.3 is 5.97 Å². The van der Waals surface area contributed by atoms with E-state index in [4.69, 9.17) is 11.6 Å². The van der Waals surface area contributed by atoms with Gasteiger partial charge in [-0.1, -0.05) is 18.5 Å². The molecule has 0 aliphatic heterocycles. The lowest BCUT2D eigenvalue weighted by atomic mass is 10.1. The van der Waals surface area contributed by atoms with E-state index in [9.17, 15) is 9.59 Å². The number of hydrogen-bond acceptors (Lipinski definition) is 4. The molecule has 0 aliphatic carbocycles. The van der Waals surface area contributed by atoms with Crippen molar-refractivity contribution in [3.63, 3.8) is 0 Å². The molecule has 1 amide bonds. The van der Waals surface area contributed by atoms with Crippen molar-refractivity contribution in [2.24, 2.45) is 5.92 Å². The minimum atomic E-state index is -0.312. The third-order valence-corrected chi connectivity index (χ3v) is 4.24. The van der Waals surface area contributed by atoms with E-state index in [1.807, 2.05) is 24.3 Å². The van der Waals surface area contributed by atoms with Gasteiger partial charge in [0.2, 0.25) is 5.91 Å². The Bertz CT molecular complexity index is 478. The second-order valence-electron chi connectivity index (χ2n) is 4.75.